The zero-order valence-electron chi connectivity index (χ0n) is 15.8. The van der Waals surface area contributed by atoms with E-state index in [0.717, 1.165) is 40.2 Å². The summed E-state index contributed by atoms with van der Waals surface area (Å²) in [5, 5.41) is 9.43. The van der Waals surface area contributed by atoms with Gasteiger partial charge in [-0.2, -0.15) is 0 Å². The minimum atomic E-state index is 0.163. The van der Waals surface area contributed by atoms with Crippen LogP contribution in [-0.4, -0.2) is 47.2 Å². The molecule has 0 saturated carbocycles. The Morgan fingerprint density at radius 1 is 0.897 bits per heavy atom. The molecule has 1 saturated heterocycles. The number of carbonyl (C=O) groups is 1. The molecule has 0 N–H and O–H groups in total. The molecule has 1 amide bonds. The lowest BCUT2D eigenvalue weighted by Crippen LogP contribution is -2.49. The highest BCUT2D eigenvalue weighted by molar-refractivity contribution is 9.10. The van der Waals surface area contributed by atoms with Crippen molar-refractivity contribution in [3.05, 3.63) is 75.7 Å². The van der Waals surface area contributed by atoms with Gasteiger partial charge in [0.15, 0.2) is 5.82 Å². The van der Waals surface area contributed by atoms with E-state index in [2.05, 4.69) is 31.0 Å². The Bertz CT molecular complexity index is 969. The summed E-state index contributed by atoms with van der Waals surface area (Å²) in [5.41, 5.74) is 2.83. The van der Waals surface area contributed by atoms with Crippen molar-refractivity contribution in [2.24, 2.45) is 0 Å². The van der Waals surface area contributed by atoms with Crippen LogP contribution >= 0.6 is 27.5 Å². The SMILES string of the molecule is O=C(Cc1ccc(Br)cc1)N1CCN(c2ccc(-c3ccc(Cl)cc3)nn2)CC1. The zero-order chi connectivity index (χ0) is 20.2. The van der Waals surface area contributed by atoms with E-state index >= 15 is 0 Å². The average Bonchev–Trinajstić information content (AvgIpc) is 2.76. The number of carbonyl (C=O) groups excluding carboxylic acids is 1. The van der Waals surface area contributed by atoms with Crippen LogP contribution in [0.4, 0.5) is 5.82 Å². The van der Waals surface area contributed by atoms with Gasteiger partial charge in [-0.05, 0) is 42.0 Å². The third-order valence-electron chi connectivity index (χ3n) is 5.02. The van der Waals surface area contributed by atoms with Gasteiger partial charge in [-0.15, -0.1) is 10.2 Å². The number of halogens is 2. The number of rotatable bonds is 4. The summed E-state index contributed by atoms with van der Waals surface area (Å²) in [6.07, 6.45) is 0.433. The summed E-state index contributed by atoms with van der Waals surface area (Å²) in [4.78, 5) is 16.7. The highest BCUT2D eigenvalue weighted by Crippen LogP contribution is 2.21. The summed E-state index contributed by atoms with van der Waals surface area (Å²) in [6, 6.07) is 19.4. The number of amides is 1. The summed E-state index contributed by atoms with van der Waals surface area (Å²) in [7, 11) is 0. The third-order valence-corrected chi connectivity index (χ3v) is 5.80. The number of piperazine rings is 1. The summed E-state index contributed by atoms with van der Waals surface area (Å²) < 4.78 is 1.02. The van der Waals surface area contributed by atoms with E-state index in [-0.39, 0.29) is 5.91 Å². The topological polar surface area (TPSA) is 49.3 Å². The van der Waals surface area contributed by atoms with Gasteiger partial charge in [-0.25, -0.2) is 0 Å². The van der Waals surface area contributed by atoms with Crippen LogP contribution in [0.1, 0.15) is 5.56 Å². The van der Waals surface area contributed by atoms with Crippen molar-refractivity contribution in [3.63, 3.8) is 0 Å². The van der Waals surface area contributed by atoms with Crippen LogP contribution < -0.4 is 4.90 Å². The van der Waals surface area contributed by atoms with Crippen LogP contribution in [-0.2, 0) is 11.2 Å². The quantitative estimate of drug-likeness (QED) is 0.564. The average molecular weight is 472 g/mol. The van der Waals surface area contributed by atoms with Crippen LogP contribution in [0.15, 0.2) is 65.1 Å². The predicted octanol–water partition coefficient (Wildman–Crippen LogP) is 4.45. The molecule has 29 heavy (non-hydrogen) atoms. The molecule has 0 spiro atoms. The van der Waals surface area contributed by atoms with Gasteiger partial charge in [0.25, 0.3) is 0 Å². The van der Waals surface area contributed by atoms with Crippen molar-refractivity contribution in [1.29, 1.82) is 0 Å². The first-order valence-corrected chi connectivity index (χ1v) is 10.6. The fourth-order valence-electron chi connectivity index (χ4n) is 3.34. The summed E-state index contributed by atoms with van der Waals surface area (Å²) in [5.74, 6) is 0.999. The molecule has 0 atom stereocenters. The minimum absolute atomic E-state index is 0.163. The van der Waals surface area contributed by atoms with Crippen molar-refractivity contribution in [1.82, 2.24) is 15.1 Å². The largest absolute Gasteiger partial charge is 0.352 e. The molecule has 1 aromatic heterocycles. The van der Waals surface area contributed by atoms with Crippen LogP contribution in [0.3, 0.4) is 0 Å². The Morgan fingerprint density at radius 2 is 1.59 bits per heavy atom. The van der Waals surface area contributed by atoms with E-state index in [4.69, 9.17) is 11.6 Å². The van der Waals surface area contributed by atoms with E-state index < -0.39 is 0 Å². The Hall–Kier alpha value is -2.44. The van der Waals surface area contributed by atoms with Gasteiger partial charge in [0.1, 0.15) is 0 Å². The predicted molar refractivity (Wildman–Crippen MR) is 119 cm³/mol. The van der Waals surface area contributed by atoms with Crippen molar-refractivity contribution in [2.75, 3.05) is 31.1 Å². The van der Waals surface area contributed by atoms with Gasteiger partial charge in [0.2, 0.25) is 5.91 Å². The van der Waals surface area contributed by atoms with Gasteiger partial charge in [0, 0.05) is 41.2 Å². The molecule has 1 aliphatic heterocycles. The molecule has 0 aliphatic carbocycles. The second kappa shape index (κ2) is 8.93. The molecule has 0 unspecified atom stereocenters. The van der Waals surface area contributed by atoms with Crippen LogP contribution in [0.5, 0.6) is 0 Å². The first-order valence-electron chi connectivity index (χ1n) is 9.45. The molecule has 7 heteroatoms. The minimum Gasteiger partial charge on any atom is -0.352 e. The van der Waals surface area contributed by atoms with Crippen molar-refractivity contribution in [2.45, 2.75) is 6.42 Å². The van der Waals surface area contributed by atoms with Crippen molar-refractivity contribution < 1.29 is 4.79 Å². The Labute approximate surface area is 183 Å². The molecule has 4 rings (SSSR count). The normalized spacial score (nSPS) is 14.1. The van der Waals surface area contributed by atoms with E-state index in [1.54, 1.807) is 0 Å². The van der Waals surface area contributed by atoms with Crippen molar-refractivity contribution >= 4 is 39.3 Å². The lowest BCUT2D eigenvalue weighted by atomic mass is 10.1. The van der Waals surface area contributed by atoms with Gasteiger partial charge in [-0.1, -0.05) is 51.8 Å². The first kappa shape index (κ1) is 19.9. The molecule has 1 aliphatic rings. The van der Waals surface area contributed by atoms with Crippen LogP contribution in [0.2, 0.25) is 5.02 Å². The Kier molecular flexibility index (Phi) is 6.11. The fourth-order valence-corrected chi connectivity index (χ4v) is 3.73. The van der Waals surface area contributed by atoms with Crippen LogP contribution in [0.25, 0.3) is 11.3 Å². The fraction of sp³-hybridized carbons (Fsp3) is 0.227. The maximum Gasteiger partial charge on any atom is 0.227 e. The van der Waals surface area contributed by atoms with Crippen molar-refractivity contribution in [3.8, 4) is 11.3 Å². The molecule has 3 aromatic rings. The number of nitrogens with zero attached hydrogens (tertiary/aromatic N) is 4. The summed E-state index contributed by atoms with van der Waals surface area (Å²) >= 11 is 9.36. The molecule has 5 nitrogen and oxygen atoms in total. The molecule has 2 aromatic carbocycles. The summed E-state index contributed by atoms with van der Waals surface area (Å²) in [6.45, 7) is 2.88. The number of hydrogen-bond donors (Lipinski definition) is 0. The van der Waals surface area contributed by atoms with E-state index in [9.17, 15) is 4.79 Å². The standard InChI is InChI=1S/C22H20BrClN4O/c23-18-5-1-16(2-6-18)15-22(29)28-13-11-27(12-14-28)21-10-9-20(25-26-21)17-3-7-19(24)8-4-17/h1-10H,11-15H2. The third kappa shape index (κ3) is 4.95. The smallest absolute Gasteiger partial charge is 0.227 e. The molecule has 2 heterocycles. The first-order chi connectivity index (χ1) is 14.1. The maximum absolute atomic E-state index is 12.6. The Morgan fingerprint density at radius 3 is 2.21 bits per heavy atom. The second-order valence-corrected chi connectivity index (χ2v) is 8.31. The molecule has 0 bridgehead atoms. The zero-order valence-corrected chi connectivity index (χ0v) is 18.1. The molecule has 0 radical (unpaired) electrons. The van der Waals surface area contributed by atoms with Gasteiger partial charge in [0.05, 0.1) is 12.1 Å². The van der Waals surface area contributed by atoms with Gasteiger partial charge < -0.3 is 9.80 Å². The second-order valence-electron chi connectivity index (χ2n) is 6.95. The number of hydrogen-bond acceptors (Lipinski definition) is 4. The molecular weight excluding hydrogens is 452 g/mol. The molecule has 1 fully saturated rings. The monoisotopic (exact) mass is 470 g/mol. The molecular formula is C22H20BrClN4O. The highest BCUT2D eigenvalue weighted by Gasteiger charge is 2.22. The van der Waals surface area contributed by atoms with E-state index in [1.165, 1.54) is 0 Å². The lowest BCUT2D eigenvalue weighted by Gasteiger charge is -2.35. The van der Waals surface area contributed by atoms with Crippen LogP contribution in [0, 0.1) is 0 Å². The Balaban J connectivity index is 1.33. The van der Waals surface area contributed by atoms with E-state index in [1.807, 2.05) is 65.6 Å². The lowest BCUT2D eigenvalue weighted by molar-refractivity contribution is -0.130. The maximum atomic E-state index is 12.6. The van der Waals surface area contributed by atoms with Gasteiger partial charge >= 0.3 is 0 Å². The number of aromatic nitrogens is 2. The number of anilines is 1. The highest BCUT2D eigenvalue weighted by atomic mass is 79.9. The van der Waals surface area contributed by atoms with E-state index in [0.29, 0.717) is 24.5 Å². The molecule has 148 valence electrons. The number of benzene rings is 2. The van der Waals surface area contributed by atoms with Gasteiger partial charge in [-0.3, -0.25) is 4.79 Å².